The third-order valence-electron chi connectivity index (χ3n) is 5.77. The smallest absolute Gasteiger partial charge is 0.227 e. The van der Waals surface area contributed by atoms with E-state index in [1.807, 2.05) is 11.0 Å². The third-order valence-corrected chi connectivity index (χ3v) is 5.77. The molecule has 8 nitrogen and oxygen atoms in total. The molecule has 5 rings (SSSR count). The van der Waals surface area contributed by atoms with Gasteiger partial charge in [0.1, 0.15) is 12.1 Å². The van der Waals surface area contributed by atoms with Gasteiger partial charge in [-0.15, -0.1) is 0 Å². The van der Waals surface area contributed by atoms with Crippen LogP contribution in [0.5, 0.6) is 0 Å². The highest BCUT2D eigenvalue weighted by Crippen LogP contribution is 2.41. The zero-order chi connectivity index (χ0) is 19.6. The maximum Gasteiger partial charge on any atom is 0.227 e. The predicted molar refractivity (Wildman–Crippen MR) is 108 cm³/mol. The van der Waals surface area contributed by atoms with Crippen LogP contribution in [0.3, 0.4) is 0 Å². The first-order valence-electron chi connectivity index (χ1n) is 10.5. The third kappa shape index (κ3) is 4.10. The summed E-state index contributed by atoms with van der Waals surface area (Å²) in [5.74, 6) is 1.99. The molecule has 9 heteroatoms. The first-order valence-corrected chi connectivity index (χ1v) is 10.5. The van der Waals surface area contributed by atoms with Crippen molar-refractivity contribution in [3.8, 4) is 0 Å². The van der Waals surface area contributed by atoms with Crippen LogP contribution >= 0.6 is 0 Å². The number of ether oxygens (including phenoxy) is 1. The Kier molecular flexibility index (Phi) is 5.13. The highest BCUT2D eigenvalue weighted by molar-refractivity contribution is 5.46. The van der Waals surface area contributed by atoms with Crippen LogP contribution in [0.15, 0.2) is 18.6 Å². The summed E-state index contributed by atoms with van der Waals surface area (Å²) in [6.45, 7) is 4.50. The lowest BCUT2D eigenvalue weighted by Crippen LogP contribution is -2.43. The normalized spacial score (nSPS) is 22.6. The molecule has 4 heterocycles. The van der Waals surface area contributed by atoms with Crippen molar-refractivity contribution >= 4 is 17.6 Å². The molecule has 0 aromatic carbocycles. The van der Waals surface area contributed by atoms with Crippen LogP contribution in [-0.4, -0.2) is 65.4 Å². The fourth-order valence-electron chi connectivity index (χ4n) is 4.08. The quantitative estimate of drug-likeness (QED) is 0.820. The van der Waals surface area contributed by atoms with Gasteiger partial charge in [0.15, 0.2) is 11.6 Å². The average molecular weight is 399 g/mol. The number of aromatic nitrogens is 4. The fourth-order valence-corrected chi connectivity index (χ4v) is 4.08. The van der Waals surface area contributed by atoms with E-state index in [1.54, 1.807) is 6.20 Å². The van der Waals surface area contributed by atoms with Crippen LogP contribution in [0.1, 0.15) is 37.3 Å². The number of nitrogens with zero attached hydrogens (tertiary/aromatic N) is 6. The Labute approximate surface area is 169 Å². The molecule has 0 bridgehead atoms. The number of hydrogen-bond donors (Lipinski definition) is 1. The Morgan fingerprint density at radius 3 is 2.72 bits per heavy atom. The zero-order valence-corrected chi connectivity index (χ0v) is 16.4. The molecule has 2 saturated heterocycles. The number of morpholine rings is 1. The molecule has 1 atom stereocenters. The molecule has 3 aliphatic rings. The van der Waals surface area contributed by atoms with Gasteiger partial charge in [-0.05, 0) is 31.7 Å². The van der Waals surface area contributed by atoms with Gasteiger partial charge in [0.2, 0.25) is 5.95 Å². The lowest BCUT2D eigenvalue weighted by molar-refractivity contribution is 0.122. The van der Waals surface area contributed by atoms with Gasteiger partial charge in [-0.3, -0.25) is 0 Å². The summed E-state index contributed by atoms with van der Waals surface area (Å²) in [6, 6.07) is 2.06. The molecule has 0 radical (unpaired) electrons. The minimum atomic E-state index is -0.243. The molecule has 154 valence electrons. The number of nitrogens with one attached hydrogen (secondary N) is 1. The summed E-state index contributed by atoms with van der Waals surface area (Å²) >= 11 is 0. The van der Waals surface area contributed by atoms with Crippen LogP contribution in [0.25, 0.3) is 0 Å². The Balaban J connectivity index is 1.27. The van der Waals surface area contributed by atoms with Crippen molar-refractivity contribution in [1.82, 2.24) is 19.9 Å². The molecule has 3 fully saturated rings. The number of piperidine rings is 1. The Bertz CT molecular complexity index is 856. The fraction of sp³-hybridized carbons (Fsp3) is 0.600. The molecule has 2 aromatic rings. The minimum absolute atomic E-state index is 0.176. The van der Waals surface area contributed by atoms with Gasteiger partial charge >= 0.3 is 0 Å². The van der Waals surface area contributed by atoms with E-state index < -0.39 is 0 Å². The zero-order valence-electron chi connectivity index (χ0n) is 16.4. The van der Waals surface area contributed by atoms with Crippen molar-refractivity contribution in [2.24, 2.45) is 0 Å². The van der Waals surface area contributed by atoms with E-state index in [1.165, 1.54) is 6.33 Å². The van der Waals surface area contributed by atoms with E-state index in [9.17, 15) is 4.39 Å². The summed E-state index contributed by atoms with van der Waals surface area (Å²) in [5.41, 5.74) is 0.580. The van der Waals surface area contributed by atoms with Crippen molar-refractivity contribution in [2.75, 3.05) is 54.5 Å². The van der Waals surface area contributed by atoms with Gasteiger partial charge in [0, 0.05) is 44.3 Å². The minimum Gasteiger partial charge on any atom is -0.378 e. The van der Waals surface area contributed by atoms with Gasteiger partial charge in [-0.2, -0.15) is 4.98 Å². The number of halogens is 1. The van der Waals surface area contributed by atoms with E-state index in [0.29, 0.717) is 31.3 Å². The summed E-state index contributed by atoms with van der Waals surface area (Å²) in [4.78, 5) is 21.7. The van der Waals surface area contributed by atoms with Crippen molar-refractivity contribution in [2.45, 2.75) is 37.6 Å². The van der Waals surface area contributed by atoms with E-state index in [4.69, 9.17) is 4.74 Å². The van der Waals surface area contributed by atoms with Gasteiger partial charge in [0.05, 0.1) is 18.9 Å². The molecule has 0 spiro atoms. The molecular formula is C20H26FN7O. The van der Waals surface area contributed by atoms with Crippen molar-refractivity contribution < 1.29 is 9.13 Å². The Morgan fingerprint density at radius 1 is 1.03 bits per heavy atom. The van der Waals surface area contributed by atoms with Crippen molar-refractivity contribution in [1.29, 1.82) is 0 Å². The molecular weight excluding hydrogens is 373 g/mol. The highest BCUT2D eigenvalue weighted by atomic mass is 19.1. The molecule has 2 aliphatic heterocycles. The van der Waals surface area contributed by atoms with E-state index >= 15 is 0 Å². The molecule has 1 saturated carbocycles. The lowest BCUT2D eigenvalue weighted by Gasteiger charge is -2.34. The highest BCUT2D eigenvalue weighted by Gasteiger charge is 2.32. The topological polar surface area (TPSA) is 79.3 Å². The maximum absolute atomic E-state index is 14.9. The Morgan fingerprint density at radius 2 is 1.90 bits per heavy atom. The molecule has 1 N–H and O–H groups in total. The van der Waals surface area contributed by atoms with Crippen LogP contribution in [0, 0.1) is 5.82 Å². The van der Waals surface area contributed by atoms with E-state index in [-0.39, 0.29) is 17.8 Å². The SMILES string of the molecule is Fc1c(C2CC2)ncnc1N1CCCC(Nc2ccnc(N3CCOCC3)n2)C1. The first-order chi connectivity index (χ1) is 14.3. The summed E-state index contributed by atoms with van der Waals surface area (Å²) in [7, 11) is 0. The largest absolute Gasteiger partial charge is 0.378 e. The van der Waals surface area contributed by atoms with Gasteiger partial charge in [-0.25, -0.2) is 19.3 Å². The van der Waals surface area contributed by atoms with Crippen molar-refractivity contribution in [3.63, 3.8) is 0 Å². The first kappa shape index (κ1) is 18.5. The lowest BCUT2D eigenvalue weighted by atomic mass is 10.1. The summed E-state index contributed by atoms with van der Waals surface area (Å²) in [6.07, 6.45) is 7.32. The predicted octanol–water partition coefficient (Wildman–Crippen LogP) is 2.20. The number of anilines is 3. The standard InChI is InChI=1S/C20H26FN7O/c21-17-18(14-3-4-14)23-13-24-19(17)28-7-1-2-15(12-28)25-16-5-6-22-20(26-16)27-8-10-29-11-9-27/h5-6,13-15H,1-4,7-12H2,(H,22,25,26). The van der Waals surface area contributed by atoms with Gasteiger partial charge in [0.25, 0.3) is 0 Å². The Hall–Kier alpha value is -2.55. The molecule has 1 unspecified atom stereocenters. The second kappa shape index (κ2) is 8.06. The van der Waals surface area contributed by atoms with Gasteiger partial charge < -0.3 is 19.9 Å². The number of rotatable bonds is 5. The van der Waals surface area contributed by atoms with Gasteiger partial charge in [-0.1, -0.05) is 0 Å². The van der Waals surface area contributed by atoms with Crippen LogP contribution in [-0.2, 0) is 4.74 Å². The van der Waals surface area contributed by atoms with Crippen LogP contribution < -0.4 is 15.1 Å². The molecule has 0 amide bonds. The summed E-state index contributed by atoms with van der Waals surface area (Å²) < 4.78 is 20.3. The molecule has 1 aliphatic carbocycles. The van der Waals surface area contributed by atoms with Crippen molar-refractivity contribution in [3.05, 3.63) is 30.1 Å². The average Bonchev–Trinajstić information content (AvgIpc) is 3.60. The second-order valence-corrected chi connectivity index (χ2v) is 7.94. The maximum atomic E-state index is 14.9. The molecule has 2 aromatic heterocycles. The summed E-state index contributed by atoms with van der Waals surface area (Å²) in [5, 5.41) is 3.51. The monoisotopic (exact) mass is 399 g/mol. The van der Waals surface area contributed by atoms with E-state index in [2.05, 4.69) is 30.2 Å². The van der Waals surface area contributed by atoms with E-state index in [0.717, 1.165) is 57.1 Å². The van der Waals surface area contributed by atoms with Crippen LogP contribution in [0.4, 0.5) is 22.0 Å². The second-order valence-electron chi connectivity index (χ2n) is 7.94. The number of hydrogen-bond acceptors (Lipinski definition) is 8. The van der Waals surface area contributed by atoms with Crippen LogP contribution in [0.2, 0.25) is 0 Å². The molecule has 29 heavy (non-hydrogen) atoms.